The number of carbonyl (C=O) groups excluding carboxylic acids is 1. The molecule has 2 aromatic rings. The van der Waals surface area contributed by atoms with Crippen molar-refractivity contribution in [2.45, 2.75) is 44.1 Å². The molecule has 3 N–H and O–H groups in total. The summed E-state index contributed by atoms with van der Waals surface area (Å²) in [7, 11) is 0. The number of halogens is 1. The van der Waals surface area contributed by atoms with Gasteiger partial charge in [0.05, 0.1) is 6.42 Å². The summed E-state index contributed by atoms with van der Waals surface area (Å²) >= 11 is 6.01. The zero-order valence-corrected chi connectivity index (χ0v) is 13.4. The number of aromatic nitrogens is 1. The van der Waals surface area contributed by atoms with E-state index in [1.807, 2.05) is 12.1 Å². The van der Waals surface area contributed by atoms with Crippen LogP contribution >= 0.6 is 11.6 Å². The fraction of sp³-hybridized carbons (Fsp3) is 0.412. The third-order valence-electron chi connectivity index (χ3n) is 4.58. The Morgan fingerprint density at radius 3 is 2.70 bits per heavy atom. The molecule has 1 saturated carbocycles. The number of aliphatic carboxylic acids is 1. The molecule has 1 aliphatic carbocycles. The first-order valence-electron chi connectivity index (χ1n) is 7.80. The van der Waals surface area contributed by atoms with Crippen LogP contribution in [0.1, 0.15) is 37.7 Å². The minimum absolute atomic E-state index is 0.134. The highest BCUT2D eigenvalue weighted by molar-refractivity contribution is 6.31. The van der Waals surface area contributed by atoms with Crippen molar-refractivity contribution in [2.75, 3.05) is 0 Å². The Labute approximate surface area is 139 Å². The highest BCUT2D eigenvalue weighted by atomic mass is 35.5. The third-order valence-corrected chi connectivity index (χ3v) is 4.81. The normalized spacial score (nSPS) is 17.1. The first-order chi connectivity index (χ1) is 11.0. The molecule has 5 nitrogen and oxygen atoms in total. The molecule has 1 aromatic heterocycles. The number of H-pyrrole nitrogens is 1. The van der Waals surface area contributed by atoms with Crippen LogP contribution in [0.4, 0.5) is 0 Å². The molecule has 0 aliphatic heterocycles. The van der Waals surface area contributed by atoms with Crippen LogP contribution in [0.15, 0.2) is 24.4 Å². The number of carboxylic acid groups (broad SMARTS) is 1. The van der Waals surface area contributed by atoms with Crippen LogP contribution in [-0.4, -0.2) is 27.5 Å². The second-order valence-corrected chi connectivity index (χ2v) is 6.61. The van der Waals surface area contributed by atoms with E-state index in [4.69, 9.17) is 11.6 Å². The minimum Gasteiger partial charge on any atom is -0.480 e. The van der Waals surface area contributed by atoms with Gasteiger partial charge in [0.15, 0.2) is 0 Å². The predicted molar refractivity (Wildman–Crippen MR) is 88.6 cm³/mol. The quantitative estimate of drug-likeness (QED) is 0.802. The van der Waals surface area contributed by atoms with E-state index in [-0.39, 0.29) is 12.3 Å². The molecule has 1 amide bonds. The Morgan fingerprint density at radius 1 is 1.26 bits per heavy atom. The van der Waals surface area contributed by atoms with Gasteiger partial charge in [0.1, 0.15) is 5.54 Å². The Morgan fingerprint density at radius 2 is 2.00 bits per heavy atom. The molecule has 0 radical (unpaired) electrons. The Kier molecular flexibility index (Phi) is 4.31. The van der Waals surface area contributed by atoms with Crippen molar-refractivity contribution < 1.29 is 14.7 Å². The summed E-state index contributed by atoms with van der Waals surface area (Å²) in [6.07, 6.45) is 5.57. The molecule has 0 spiro atoms. The summed E-state index contributed by atoms with van der Waals surface area (Å²) in [5.41, 5.74) is 0.609. The zero-order valence-electron chi connectivity index (χ0n) is 12.7. The van der Waals surface area contributed by atoms with Crippen molar-refractivity contribution in [3.63, 3.8) is 0 Å². The molecule has 3 rings (SSSR count). The second-order valence-electron chi connectivity index (χ2n) is 6.18. The Balaban J connectivity index is 1.77. The summed E-state index contributed by atoms with van der Waals surface area (Å²) < 4.78 is 0. The molecule has 6 heteroatoms. The van der Waals surface area contributed by atoms with Gasteiger partial charge >= 0.3 is 5.97 Å². The van der Waals surface area contributed by atoms with Crippen LogP contribution < -0.4 is 5.32 Å². The molecule has 0 atom stereocenters. The van der Waals surface area contributed by atoms with E-state index in [0.717, 1.165) is 35.7 Å². The van der Waals surface area contributed by atoms with E-state index in [0.29, 0.717) is 17.9 Å². The topological polar surface area (TPSA) is 82.2 Å². The predicted octanol–water partition coefficient (Wildman–Crippen LogP) is 3.27. The number of benzene rings is 1. The summed E-state index contributed by atoms with van der Waals surface area (Å²) in [5, 5.41) is 13.8. The van der Waals surface area contributed by atoms with Crippen LogP contribution in [0.2, 0.25) is 5.02 Å². The zero-order chi connectivity index (χ0) is 16.4. The molecule has 0 saturated heterocycles. The van der Waals surface area contributed by atoms with Crippen LogP contribution in [0.3, 0.4) is 0 Å². The van der Waals surface area contributed by atoms with Crippen LogP contribution in [0.5, 0.6) is 0 Å². The van der Waals surface area contributed by atoms with Crippen molar-refractivity contribution >= 4 is 34.4 Å². The molecule has 0 unspecified atom stereocenters. The van der Waals surface area contributed by atoms with E-state index in [1.54, 1.807) is 12.3 Å². The van der Waals surface area contributed by atoms with Gasteiger partial charge in [-0.25, -0.2) is 4.79 Å². The fourth-order valence-corrected chi connectivity index (χ4v) is 3.50. The largest absolute Gasteiger partial charge is 0.480 e. The number of carbonyl (C=O) groups is 2. The van der Waals surface area contributed by atoms with E-state index in [1.165, 1.54) is 0 Å². The molecule has 23 heavy (non-hydrogen) atoms. The number of carboxylic acids is 1. The molecule has 122 valence electrons. The summed E-state index contributed by atoms with van der Waals surface area (Å²) in [6.45, 7) is 0. The number of hydrogen-bond donors (Lipinski definition) is 3. The molecule has 0 bridgehead atoms. The minimum atomic E-state index is -1.11. The lowest BCUT2D eigenvalue weighted by molar-refractivity contribution is -0.149. The number of fused-ring (bicyclic) bond motifs is 1. The van der Waals surface area contributed by atoms with Gasteiger partial charge in [0.25, 0.3) is 0 Å². The van der Waals surface area contributed by atoms with Crippen molar-refractivity contribution in [1.29, 1.82) is 0 Å². The van der Waals surface area contributed by atoms with Crippen LogP contribution in [0, 0.1) is 0 Å². The average molecular weight is 335 g/mol. The maximum absolute atomic E-state index is 12.4. The first-order valence-corrected chi connectivity index (χ1v) is 8.18. The fourth-order valence-electron chi connectivity index (χ4n) is 3.33. The molecule has 1 aromatic carbocycles. The van der Waals surface area contributed by atoms with Crippen molar-refractivity contribution in [3.05, 3.63) is 35.0 Å². The third kappa shape index (κ3) is 3.20. The van der Waals surface area contributed by atoms with Gasteiger partial charge < -0.3 is 15.4 Å². The van der Waals surface area contributed by atoms with Gasteiger partial charge in [-0.3, -0.25) is 4.79 Å². The maximum Gasteiger partial charge on any atom is 0.329 e. The van der Waals surface area contributed by atoms with Crippen molar-refractivity contribution in [1.82, 2.24) is 10.3 Å². The lowest BCUT2D eigenvalue weighted by atomic mass is 9.81. The highest BCUT2D eigenvalue weighted by Crippen LogP contribution is 2.29. The van der Waals surface area contributed by atoms with Gasteiger partial charge in [0, 0.05) is 22.1 Å². The molecular formula is C17H19ClN2O3. The molecular weight excluding hydrogens is 316 g/mol. The van der Waals surface area contributed by atoms with E-state index in [2.05, 4.69) is 10.3 Å². The lowest BCUT2D eigenvalue weighted by Crippen LogP contribution is -2.55. The smallest absolute Gasteiger partial charge is 0.329 e. The van der Waals surface area contributed by atoms with Crippen molar-refractivity contribution in [2.24, 2.45) is 0 Å². The molecule has 1 heterocycles. The monoisotopic (exact) mass is 334 g/mol. The van der Waals surface area contributed by atoms with Gasteiger partial charge in [0.2, 0.25) is 5.91 Å². The highest BCUT2D eigenvalue weighted by Gasteiger charge is 2.40. The van der Waals surface area contributed by atoms with Gasteiger partial charge in [-0.1, -0.05) is 30.9 Å². The van der Waals surface area contributed by atoms with E-state index in [9.17, 15) is 14.7 Å². The van der Waals surface area contributed by atoms with Crippen LogP contribution in [-0.2, 0) is 16.0 Å². The van der Waals surface area contributed by atoms with E-state index >= 15 is 0 Å². The van der Waals surface area contributed by atoms with Crippen LogP contribution in [0.25, 0.3) is 10.9 Å². The van der Waals surface area contributed by atoms with Gasteiger partial charge in [-0.15, -0.1) is 0 Å². The Hall–Kier alpha value is -2.01. The van der Waals surface area contributed by atoms with Crippen molar-refractivity contribution in [3.8, 4) is 0 Å². The molecule has 1 fully saturated rings. The van der Waals surface area contributed by atoms with Gasteiger partial charge in [-0.2, -0.15) is 0 Å². The standard InChI is InChI=1S/C17H19ClN2O3/c18-12-4-5-14-13(9-12)11(10-19-14)8-15(21)20-17(16(22)23)6-2-1-3-7-17/h4-5,9-10,19H,1-3,6-8H2,(H,20,21)(H,22,23). The second kappa shape index (κ2) is 6.24. The number of amides is 1. The Bertz CT molecular complexity index is 747. The van der Waals surface area contributed by atoms with E-state index < -0.39 is 11.5 Å². The maximum atomic E-state index is 12.4. The summed E-state index contributed by atoms with van der Waals surface area (Å²) in [4.78, 5) is 27.1. The lowest BCUT2D eigenvalue weighted by Gasteiger charge is -2.34. The summed E-state index contributed by atoms with van der Waals surface area (Å²) in [6, 6.07) is 5.45. The number of nitrogens with one attached hydrogen (secondary N) is 2. The summed E-state index contributed by atoms with van der Waals surface area (Å²) in [5.74, 6) is -1.21. The first kappa shape index (κ1) is 15.9. The average Bonchev–Trinajstić information content (AvgIpc) is 2.90. The number of aromatic amines is 1. The molecule has 1 aliphatic rings. The number of rotatable bonds is 4. The number of hydrogen-bond acceptors (Lipinski definition) is 2. The SMILES string of the molecule is O=C(Cc1c[nH]c2ccc(Cl)cc12)NC1(C(=O)O)CCCCC1. The van der Waals surface area contributed by atoms with Gasteiger partial charge in [-0.05, 0) is 36.6 Å².